The first kappa shape index (κ1) is 11.4. The van der Waals surface area contributed by atoms with E-state index in [1.807, 2.05) is 13.8 Å². The van der Waals surface area contributed by atoms with Crippen molar-refractivity contribution < 1.29 is 9.53 Å². The smallest absolute Gasteiger partial charge is 0.237 e. The molecular formula is C9H19N3O2. The Balaban J connectivity index is 2.32. The Kier molecular flexibility index (Phi) is 4.31. The van der Waals surface area contributed by atoms with Crippen molar-refractivity contribution in [1.29, 1.82) is 0 Å². The predicted octanol–water partition coefficient (Wildman–Crippen LogP) is -0.667. The van der Waals surface area contributed by atoms with E-state index in [2.05, 4.69) is 10.3 Å². The summed E-state index contributed by atoms with van der Waals surface area (Å²) in [7, 11) is 0. The van der Waals surface area contributed by atoms with Crippen LogP contribution in [-0.2, 0) is 9.53 Å². The molecule has 0 aromatic rings. The SMILES string of the molecule is CC1CN(CC(C)C(=O)NN)CCO1. The molecule has 1 rings (SSSR count). The van der Waals surface area contributed by atoms with Crippen LogP contribution in [0.25, 0.3) is 0 Å². The molecule has 82 valence electrons. The van der Waals surface area contributed by atoms with Crippen LogP contribution in [0.1, 0.15) is 13.8 Å². The number of nitrogens with two attached hydrogens (primary N) is 1. The van der Waals surface area contributed by atoms with Crippen LogP contribution in [0.5, 0.6) is 0 Å². The highest BCUT2D eigenvalue weighted by Gasteiger charge is 2.21. The van der Waals surface area contributed by atoms with Crippen LogP contribution < -0.4 is 11.3 Å². The molecule has 0 aliphatic carbocycles. The summed E-state index contributed by atoms with van der Waals surface area (Å²) in [5.41, 5.74) is 2.17. The Morgan fingerprint density at radius 3 is 3.07 bits per heavy atom. The van der Waals surface area contributed by atoms with Gasteiger partial charge in [0.1, 0.15) is 0 Å². The van der Waals surface area contributed by atoms with Gasteiger partial charge >= 0.3 is 0 Å². The van der Waals surface area contributed by atoms with Crippen molar-refractivity contribution >= 4 is 5.91 Å². The fourth-order valence-electron chi connectivity index (χ4n) is 1.67. The van der Waals surface area contributed by atoms with Crippen LogP contribution in [0.3, 0.4) is 0 Å². The number of nitrogens with one attached hydrogen (secondary N) is 1. The van der Waals surface area contributed by atoms with Crippen molar-refractivity contribution in [3.8, 4) is 0 Å². The van der Waals surface area contributed by atoms with E-state index in [1.165, 1.54) is 0 Å². The molecule has 2 atom stereocenters. The third-order valence-electron chi connectivity index (χ3n) is 2.45. The first-order chi connectivity index (χ1) is 6.63. The van der Waals surface area contributed by atoms with E-state index in [0.29, 0.717) is 0 Å². The zero-order chi connectivity index (χ0) is 10.6. The molecule has 1 heterocycles. The molecule has 0 aromatic carbocycles. The van der Waals surface area contributed by atoms with Gasteiger partial charge in [-0.3, -0.25) is 15.1 Å². The number of morpholine rings is 1. The van der Waals surface area contributed by atoms with Gasteiger partial charge < -0.3 is 4.74 Å². The molecule has 5 nitrogen and oxygen atoms in total. The van der Waals surface area contributed by atoms with E-state index in [1.54, 1.807) is 0 Å². The van der Waals surface area contributed by atoms with Gasteiger partial charge in [-0.2, -0.15) is 0 Å². The minimum atomic E-state index is -0.107. The van der Waals surface area contributed by atoms with Crippen molar-refractivity contribution in [2.45, 2.75) is 20.0 Å². The molecular weight excluding hydrogens is 182 g/mol. The monoisotopic (exact) mass is 201 g/mol. The van der Waals surface area contributed by atoms with Gasteiger partial charge in [-0.1, -0.05) is 6.92 Å². The van der Waals surface area contributed by atoms with E-state index >= 15 is 0 Å². The lowest BCUT2D eigenvalue weighted by molar-refractivity contribution is -0.125. The van der Waals surface area contributed by atoms with E-state index in [-0.39, 0.29) is 17.9 Å². The molecule has 5 heteroatoms. The van der Waals surface area contributed by atoms with Gasteiger partial charge in [0.25, 0.3) is 0 Å². The topological polar surface area (TPSA) is 67.6 Å². The van der Waals surface area contributed by atoms with E-state index in [4.69, 9.17) is 10.6 Å². The summed E-state index contributed by atoms with van der Waals surface area (Å²) < 4.78 is 5.41. The second-order valence-electron chi connectivity index (χ2n) is 3.85. The second-order valence-corrected chi connectivity index (χ2v) is 3.85. The van der Waals surface area contributed by atoms with E-state index in [0.717, 1.165) is 26.2 Å². The van der Waals surface area contributed by atoms with E-state index in [9.17, 15) is 4.79 Å². The van der Waals surface area contributed by atoms with Gasteiger partial charge in [-0.05, 0) is 6.92 Å². The number of carbonyl (C=O) groups excluding carboxylic acids is 1. The standard InChI is InChI=1S/C9H19N3O2/c1-7(9(13)11-10)5-12-3-4-14-8(2)6-12/h7-8H,3-6,10H2,1-2H3,(H,11,13). The average molecular weight is 201 g/mol. The fourth-order valence-corrected chi connectivity index (χ4v) is 1.67. The summed E-state index contributed by atoms with van der Waals surface area (Å²) in [6.45, 7) is 7.20. The maximum Gasteiger partial charge on any atom is 0.237 e. The number of hydrazine groups is 1. The average Bonchev–Trinajstić information content (AvgIpc) is 2.16. The summed E-state index contributed by atoms with van der Waals surface area (Å²) in [5.74, 6) is 4.89. The van der Waals surface area contributed by atoms with Crippen LogP contribution in [0, 0.1) is 5.92 Å². The molecule has 1 saturated heterocycles. The summed E-state index contributed by atoms with van der Waals surface area (Å²) in [5, 5.41) is 0. The van der Waals surface area contributed by atoms with Gasteiger partial charge in [-0.15, -0.1) is 0 Å². The summed E-state index contributed by atoms with van der Waals surface area (Å²) in [4.78, 5) is 13.4. The summed E-state index contributed by atoms with van der Waals surface area (Å²) >= 11 is 0. The molecule has 0 bridgehead atoms. The highest BCUT2D eigenvalue weighted by molar-refractivity contribution is 5.77. The number of rotatable bonds is 3. The van der Waals surface area contributed by atoms with Crippen molar-refractivity contribution in [2.75, 3.05) is 26.2 Å². The first-order valence-corrected chi connectivity index (χ1v) is 4.98. The number of carbonyl (C=O) groups is 1. The minimum Gasteiger partial charge on any atom is -0.376 e. The van der Waals surface area contributed by atoms with Gasteiger partial charge in [0, 0.05) is 25.6 Å². The molecule has 0 spiro atoms. The third-order valence-corrected chi connectivity index (χ3v) is 2.45. The molecule has 1 fully saturated rings. The molecule has 3 N–H and O–H groups in total. The van der Waals surface area contributed by atoms with Gasteiger partial charge in [0.2, 0.25) is 5.91 Å². The zero-order valence-corrected chi connectivity index (χ0v) is 8.82. The van der Waals surface area contributed by atoms with Crippen molar-refractivity contribution in [1.82, 2.24) is 10.3 Å². The molecule has 0 saturated carbocycles. The number of hydrogen-bond donors (Lipinski definition) is 2. The van der Waals surface area contributed by atoms with Crippen LogP contribution in [0.4, 0.5) is 0 Å². The van der Waals surface area contributed by atoms with Crippen molar-refractivity contribution in [3.63, 3.8) is 0 Å². The molecule has 0 aromatic heterocycles. The molecule has 2 unspecified atom stereocenters. The lowest BCUT2D eigenvalue weighted by Gasteiger charge is -2.32. The highest BCUT2D eigenvalue weighted by atomic mass is 16.5. The number of hydrogen-bond acceptors (Lipinski definition) is 4. The number of amides is 1. The lowest BCUT2D eigenvalue weighted by Crippen LogP contribution is -2.46. The molecule has 14 heavy (non-hydrogen) atoms. The fraction of sp³-hybridized carbons (Fsp3) is 0.889. The summed E-state index contributed by atoms with van der Waals surface area (Å²) in [6.07, 6.45) is 0.261. The first-order valence-electron chi connectivity index (χ1n) is 4.98. The quantitative estimate of drug-likeness (QED) is 0.361. The van der Waals surface area contributed by atoms with Crippen LogP contribution in [0.2, 0.25) is 0 Å². The maximum absolute atomic E-state index is 11.2. The summed E-state index contributed by atoms with van der Waals surface area (Å²) in [6, 6.07) is 0. The Morgan fingerprint density at radius 2 is 2.50 bits per heavy atom. The maximum atomic E-state index is 11.2. The zero-order valence-electron chi connectivity index (χ0n) is 8.82. The Labute approximate surface area is 84.5 Å². The van der Waals surface area contributed by atoms with Crippen molar-refractivity contribution in [2.24, 2.45) is 11.8 Å². The van der Waals surface area contributed by atoms with Crippen LogP contribution >= 0.6 is 0 Å². The Bertz CT molecular complexity index is 198. The number of nitrogens with zero attached hydrogens (tertiary/aromatic N) is 1. The Hall–Kier alpha value is -0.650. The molecule has 0 radical (unpaired) electrons. The van der Waals surface area contributed by atoms with Gasteiger partial charge in [0.15, 0.2) is 0 Å². The van der Waals surface area contributed by atoms with Crippen LogP contribution in [0.15, 0.2) is 0 Å². The largest absolute Gasteiger partial charge is 0.376 e. The predicted molar refractivity (Wildman–Crippen MR) is 53.3 cm³/mol. The minimum absolute atomic E-state index is 0.0645. The van der Waals surface area contributed by atoms with E-state index < -0.39 is 0 Å². The van der Waals surface area contributed by atoms with Crippen molar-refractivity contribution in [3.05, 3.63) is 0 Å². The Morgan fingerprint density at radius 1 is 1.79 bits per heavy atom. The van der Waals surface area contributed by atoms with Gasteiger partial charge in [-0.25, -0.2) is 5.84 Å². The lowest BCUT2D eigenvalue weighted by atomic mass is 10.1. The van der Waals surface area contributed by atoms with Gasteiger partial charge in [0.05, 0.1) is 12.7 Å². The molecule has 1 amide bonds. The number of ether oxygens (including phenoxy) is 1. The molecule has 1 aliphatic heterocycles. The molecule has 1 aliphatic rings. The highest BCUT2D eigenvalue weighted by Crippen LogP contribution is 2.07. The second kappa shape index (κ2) is 5.29. The van der Waals surface area contributed by atoms with Crippen LogP contribution in [-0.4, -0.2) is 43.2 Å². The third kappa shape index (κ3) is 3.25. The normalized spacial score (nSPS) is 25.8.